The van der Waals surface area contributed by atoms with Gasteiger partial charge in [0.05, 0.1) is 17.2 Å². The maximum atomic E-state index is 12.7. The number of nitrogens with one attached hydrogen (secondary N) is 1. The van der Waals surface area contributed by atoms with E-state index in [1.165, 1.54) is 6.42 Å². The van der Waals surface area contributed by atoms with E-state index in [0.717, 1.165) is 31.5 Å². The standard InChI is InChI=1S/C19H21N5O/c1-2-17-8-3-4-9-24(17)18(25)15-12-21-19(22-13-15)23-16-7-5-6-14(10-16)11-20/h5-7,10,12-13,17H,2-4,8-9H2,1H3,(H,21,22,23). The Labute approximate surface area is 147 Å². The molecular formula is C19H21N5O. The first-order valence-corrected chi connectivity index (χ1v) is 8.61. The summed E-state index contributed by atoms with van der Waals surface area (Å²) in [7, 11) is 0. The molecule has 3 rings (SSSR count). The summed E-state index contributed by atoms with van der Waals surface area (Å²) >= 11 is 0. The highest BCUT2D eigenvalue weighted by atomic mass is 16.2. The van der Waals surface area contributed by atoms with Crippen LogP contribution in [0, 0.1) is 11.3 Å². The smallest absolute Gasteiger partial charge is 0.257 e. The van der Waals surface area contributed by atoms with E-state index in [4.69, 9.17) is 5.26 Å². The van der Waals surface area contributed by atoms with Crippen LogP contribution < -0.4 is 5.32 Å². The van der Waals surface area contributed by atoms with Gasteiger partial charge in [0, 0.05) is 30.7 Å². The van der Waals surface area contributed by atoms with E-state index in [9.17, 15) is 4.79 Å². The largest absolute Gasteiger partial charge is 0.336 e. The van der Waals surface area contributed by atoms with Gasteiger partial charge < -0.3 is 10.2 Å². The minimum absolute atomic E-state index is 0.00424. The first-order valence-electron chi connectivity index (χ1n) is 8.61. The second-order valence-corrected chi connectivity index (χ2v) is 6.17. The van der Waals surface area contributed by atoms with E-state index in [1.807, 2.05) is 11.0 Å². The summed E-state index contributed by atoms with van der Waals surface area (Å²) in [5.74, 6) is 0.405. The highest BCUT2D eigenvalue weighted by Crippen LogP contribution is 2.22. The van der Waals surface area contributed by atoms with Gasteiger partial charge >= 0.3 is 0 Å². The van der Waals surface area contributed by atoms with Crippen LogP contribution >= 0.6 is 0 Å². The molecule has 1 saturated heterocycles. The monoisotopic (exact) mass is 335 g/mol. The van der Waals surface area contributed by atoms with Gasteiger partial charge in [0.25, 0.3) is 5.91 Å². The Kier molecular flexibility index (Phi) is 5.24. The second kappa shape index (κ2) is 7.75. The predicted octanol–water partition coefficient (Wildman–Crippen LogP) is 3.50. The Balaban J connectivity index is 1.71. The number of rotatable bonds is 4. The van der Waals surface area contributed by atoms with Crippen LogP contribution in [0.15, 0.2) is 36.7 Å². The van der Waals surface area contributed by atoms with Crippen molar-refractivity contribution in [3.8, 4) is 6.07 Å². The van der Waals surface area contributed by atoms with Crippen molar-refractivity contribution >= 4 is 17.5 Å². The Bertz CT molecular complexity index is 781. The predicted molar refractivity (Wildman–Crippen MR) is 95.4 cm³/mol. The average molecular weight is 335 g/mol. The zero-order valence-electron chi connectivity index (χ0n) is 14.3. The molecule has 0 radical (unpaired) electrons. The van der Waals surface area contributed by atoms with Crippen LogP contribution in [0.2, 0.25) is 0 Å². The van der Waals surface area contributed by atoms with Crippen LogP contribution in [0.4, 0.5) is 11.6 Å². The molecule has 0 bridgehead atoms. The summed E-state index contributed by atoms with van der Waals surface area (Å²) in [6, 6.07) is 9.49. The van der Waals surface area contributed by atoms with Crippen LogP contribution in [-0.2, 0) is 0 Å². The number of likely N-dealkylation sites (tertiary alicyclic amines) is 1. The second-order valence-electron chi connectivity index (χ2n) is 6.17. The molecule has 1 fully saturated rings. The number of carbonyl (C=O) groups is 1. The van der Waals surface area contributed by atoms with Crippen LogP contribution in [-0.4, -0.2) is 33.4 Å². The number of amides is 1. The number of nitrogens with zero attached hydrogens (tertiary/aromatic N) is 4. The fraction of sp³-hybridized carbons (Fsp3) is 0.368. The van der Waals surface area contributed by atoms with Crippen molar-refractivity contribution < 1.29 is 4.79 Å². The summed E-state index contributed by atoms with van der Waals surface area (Å²) in [5, 5.41) is 12.0. The van der Waals surface area contributed by atoms with Crippen molar-refractivity contribution in [3.05, 3.63) is 47.8 Å². The summed E-state index contributed by atoms with van der Waals surface area (Å²) in [5.41, 5.74) is 1.81. The minimum Gasteiger partial charge on any atom is -0.336 e. The van der Waals surface area contributed by atoms with Gasteiger partial charge in [-0.05, 0) is 43.9 Å². The zero-order valence-corrected chi connectivity index (χ0v) is 14.3. The Morgan fingerprint density at radius 2 is 2.16 bits per heavy atom. The van der Waals surface area contributed by atoms with Gasteiger partial charge in [0.2, 0.25) is 5.95 Å². The summed E-state index contributed by atoms with van der Waals surface area (Å²) in [6.45, 7) is 2.92. The van der Waals surface area contributed by atoms with Crippen LogP contribution in [0.3, 0.4) is 0 Å². The molecule has 0 saturated carbocycles. The van der Waals surface area contributed by atoms with Crippen molar-refractivity contribution in [1.29, 1.82) is 5.26 Å². The van der Waals surface area contributed by atoms with Crippen molar-refractivity contribution in [2.24, 2.45) is 0 Å². The molecule has 1 aromatic heterocycles. The molecule has 1 amide bonds. The molecule has 1 aromatic carbocycles. The lowest BCUT2D eigenvalue weighted by Gasteiger charge is -2.35. The third-order valence-corrected chi connectivity index (χ3v) is 4.51. The van der Waals surface area contributed by atoms with Crippen molar-refractivity contribution in [1.82, 2.24) is 14.9 Å². The van der Waals surface area contributed by atoms with Gasteiger partial charge in [0.1, 0.15) is 0 Å². The zero-order chi connectivity index (χ0) is 17.6. The Morgan fingerprint density at radius 1 is 1.36 bits per heavy atom. The quantitative estimate of drug-likeness (QED) is 0.925. The molecule has 0 aliphatic carbocycles. The molecule has 0 spiro atoms. The Hall–Kier alpha value is -2.94. The number of aromatic nitrogens is 2. The van der Waals surface area contributed by atoms with Crippen molar-refractivity contribution in [2.45, 2.75) is 38.6 Å². The topological polar surface area (TPSA) is 81.9 Å². The van der Waals surface area contributed by atoms with Gasteiger partial charge in [-0.1, -0.05) is 13.0 Å². The van der Waals surface area contributed by atoms with Crippen LogP contribution in [0.5, 0.6) is 0 Å². The SMILES string of the molecule is CCC1CCCCN1C(=O)c1cnc(Nc2cccc(C#N)c2)nc1. The first-order chi connectivity index (χ1) is 12.2. The lowest BCUT2D eigenvalue weighted by atomic mass is 9.99. The highest BCUT2D eigenvalue weighted by Gasteiger charge is 2.26. The lowest BCUT2D eigenvalue weighted by molar-refractivity contribution is 0.0607. The van der Waals surface area contributed by atoms with Gasteiger partial charge in [0.15, 0.2) is 0 Å². The van der Waals surface area contributed by atoms with Crippen LogP contribution in [0.1, 0.15) is 48.5 Å². The summed E-state index contributed by atoms with van der Waals surface area (Å²) < 4.78 is 0. The van der Waals surface area contributed by atoms with Gasteiger partial charge in [-0.2, -0.15) is 5.26 Å². The van der Waals surface area contributed by atoms with E-state index >= 15 is 0 Å². The molecule has 6 heteroatoms. The molecule has 2 heterocycles. The molecule has 2 aromatic rings. The molecule has 25 heavy (non-hydrogen) atoms. The van der Waals surface area contributed by atoms with E-state index in [2.05, 4.69) is 28.3 Å². The molecule has 128 valence electrons. The fourth-order valence-corrected chi connectivity index (χ4v) is 3.16. The highest BCUT2D eigenvalue weighted by molar-refractivity contribution is 5.94. The number of piperidine rings is 1. The number of hydrogen-bond acceptors (Lipinski definition) is 5. The number of carbonyl (C=O) groups excluding carboxylic acids is 1. The van der Waals surface area contributed by atoms with E-state index in [1.54, 1.807) is 30.6 Å². The van der Waals surface area contributed by atoms with Crippen molar-refractivity contribution in [2.75, 3.05) is 11.9 Å². The number of anilines is 2. The molecule has 6 nitrogen and oxygen atoms in total. The lowest BCUT2D eigenvalue weighted by Crippen LogP contribution is -2.43. The summed E-state index contributed by atoms with van der Waals surface area (Å²) in [4.78, 5) is 23.1. The number of benzene rings is 1. The minimum atomic E-state index is 0.00424. The van der Waals surface area contributed by atoms with Crippen LogP contribution in [0.25, 0.3) is 0 Å². The van der Waals surface area contributed by atoms with Gasteiger partial charge in [-0.15, -0.1) is 0 Å². The first kappa shape index (κ1) is 16.9. The maximum absolute atomic E-state index is 12.7. The summed E-state index contributed by atoms with van der Waals surface area (Å²) in [6.07, 6.45) is 7.40. The fourth-order valence-electron chi connectivity index (χ4n) is 3.16. The van der Waals surface area contributed by atoms with E-state index in [0.29, 0.717) is 23.1 Å². The maximum Gasteiger partial charge on any atom is 0.257 e. The Morgan fingerprint density at radius 3 is 2.88 bits per heavy atom. The van der Waals surface area contributed by atoms with Crippen molar-refractivity contribution in [3.63, 3.8) is 0 Å². The third-order valence-electron chi connectivity index (χ3n) is 4.51. The molecule has 1 unspecified atom stereocenters. The van der Waals surface area contributed by atoms with Gasteiger partial charge in [-0.25, -0.2) is 9.97 Å². The van der Waals surface area contributed by atoms with E-state index < -0.39 is 0 Å². The molecular weight excluding hydrogens is 314 g/mol. The number of nitriles is 1. The normalized spacial score (nSPS) is 17.0. The molecule has 1 aliphatic rings. The third kappa shape index (κ3) is 3.94. The van der Waals surface area contributed by atoms with Gasteiger partial charge in [-0.3, -0.25) is 4.79 Å². The number of hydrogen-bond donors (Lipinski definition) is 1. The molecule has 1 atom stereocenters. The van der Waals surface area contributed by atoms with E-state index in [-0.39, 0.29) is 5.91 Å². The molecule has 1 aliphatic heterocycles. The molecule has 1 N–H and O–H groups in total. The average Bonchev–Trinajstić information content (AvgIpc) is 2.68.